The molecule has 0 spiro atoms. The van der Waals surface area contributed by atoms with Crippen molar-refractivity contribution in [1.82, 2.24) is 0 Å². The molecule has 3 nitrogen and oxygen atoms in total. The lowest BCUT2D eigenvalue weighted by atomic mass is 10.0. The van der Waals surface area contributed by atoms with Crippen LogP contribution < -0.4 is 5.32 Å². The van der Waals surface area contributed by atoms with Crippen molar-refractivity contribution in [3.8, 4) is 0 Å². The molecule has 2 N–H and O–H groups in total. The number of alkyl halides is 3. The summed E-state index contributed by atoms with van der Waals surface area (Å²) in [7, 11) is 0. The number of aliphatic hydroxyl groups is 1. The third kappa shape index (κ3) is 4.21. The molecule has 1 atom stereocenters. The van der Waals surface area contributed by atoms with E-state index in [4.69, 9.17) is 0 Å². The zero-order chi connectivity index (χ0) is 14.8. The van der Waals surface area contributed by atoms with E-state index in [2.05, 4.69) is 21.2 Å². The standard InChI is InChI=1S/C12H13BrF3NO2/c1-7-5-8(13)3-4-9(7)17-10(18)6-11(2,19)12(14,15)16/h3-5,19H,6H2,1-2H3,(H,17,18)/t11-/m0/s1. The van der Waals surface area contributed by atoms with Crippen LogP contribution in [0.4, 0.5) is 18.9 Å². The molecule has 0 fully saturated rings. The number of hydrogen-bond acceptors (Lipinski definition) is 2. The number of carbonyl (C=O) groups is 1. The Hall–Kier alpha value is -1.08. The molecule has 7 heteroatoms. The first kappa shape index (κ1) is 16.0. The van der Waals surface area contributed by atoms with Crippen LogP contribution in [0.3, 0.4) is 0 Å². The van der Waals surface area contributed by atoms with Gasteiger partial charge in [0.15, 0.2) is 5.60 Å². The van der Waals surface area contributed by atoms with E-state index in [0.717, 1.165) is 4.47 Å². The lowest BCUT2D eigenvalue weighted by Crippen LogP contribution is -2.44. The first-order valence-electron chi connectivity index (χ1n) is 5.38. The smallest absolute Gasteiger partial charge is 0.380 e. The number of halogens is 4. The fourth-order valence-corrected chi connectivity index (χ4v) is 1.85. The fraction of sp³-hybridized carbons (Fsp3) is 0.417. The second-order valence-corrected chi connectivity index (χ2v) is 5.37. The molecule has 19 heavy (non-hydrogen) atoms. The largest absolute Gasteiger partial charge is 0.417 e. The van der Waals surface area contributed by atoms with Crippen molar-refractivity contribution in [2.45, 2.75) is 32.0 Å². The lowest BCUT2D eigenvalue weighted by Gasteiger charge is -2.25. The molecule has 1 rings (SSSR count). The molecule has 0 aromatic heterocycles. The average molecular weight is 340 g/mol. The van der Waals surface area contributed by atoms with Gasteiger partial charge < -0.3 is 10.4 Å². The summed E-state index contributed by atoms with van der Waals surface area (Å²) >= 11 is 3.24. The Bertz CT molecular complexity index is 486. The number of hydrogen-bond donors (Lipinski definition) is 2. The molecule has 0 aliphatic carbocycles. The minimum absolute atomic E-state index is 0.408. The summed E-state index contributed by atoms with van der Waals surface area (Å²) in [6.07, 6.45) is -5.90. The maximum Gasteiger partial charge on any atom is 0.417 e. The molecular weight excluding hydrogens is 327 g/mol. The van der Waals surface area contributed by atoms with Gasteiger partial charge in [0.25, 0.3) is 0 Å². The summed E-state index contributed by atoms with van der Waals surface area (Å²) in [6, 6.07) is 4.95. The maximum atomic E-state index is 12.4. The van der Waals surface area contributed by atoms with Gasteiger partial charge in [-0.2, -0.15) is 13.2 Å². The van der Waals surface area contributed by atoms with Gasteiger partial charge >= 0.3 is 6.18 Å². The van der Waals surface area contributed by atoms with Gasteiger partial charge in [0.2, 0.25) is 5.91 Å². The molecule has 1 amide bonds. The van der Waals surface area contributed by atoms with E-state index in [1.165, 1.54) is 0 Å². The first-order chi connectivity index (χ1) is 8.53. The van der Waals surface area contributed by atoms with E-state index in [0.29, 0.717) is 18.2 Å². The van der Waals surface area contributed by atoms with Crippen LogP contribution in [-0.4, -0.2) is 22.8 Å². The molecule has 0 aliphatic rings. The van der Waals surface area contributed by atoms with E-state index < -0.39 is 24.1 Å². The minimum Gasteiger partial charge on any atom is -0.380 e. The van der Waals surface area contributed by atoms with Crippen LogP contribution in [0.25, 0.3) is 0 Å². The summed E-state index contributed by atoms with van der Waals surface area (Å²) in [4.78, 5) is 11.5. The molecule has 0 unspecified atom stereocenters. The molecule has 0 bridgehead atoms. The van der Waals surface area contributed by atoms with Crippen molar-refractivity contribution < 1.29 is 23.1 Å². The average Bonchev–Trinajstić information content (AvgIpc) is 2.19. The van der Waals surface area contributed by atoms with Crippen LogP contribution in [0.5, 0.6) is 0 Å². The predicted molar refractivity (Wildman–Crippen MR) is 68.8 cm³/mol. The molecule has 1 aromatic carbocycles. The van der Waals surface area contributed by atoms with Crippen LogP contribution in [0.15, 0.2) is 22.7 Å². The van der Waals surface area contributed by atoms with E-state index in [-0.39, 0.29) is 0 Å². The van der Waals surface area contributed by atoms with Gasteiger partial charge in [-0.3, -0.25) is 4.79 Å². The van der Waals surface area contributed by atoms with Crippen LogP contribution in [-0.2, 0) is 4.79 Å². The summed E-state index contributed by atoms with van der Waals surface area (Å²) in [6.45, 7) is 2.28. The Morgan fingerprint density at radius 3 is 2.47 bits per heavy atom. The third-order valence-electron chi connectivity index (χ3n) is 2.58. The Labute approximate surface area is 116 Å². The first-order valence-corrected chi connectivity index (χ1v) is 6.17. The highest BCUT2D eigenvalue weighted by Gasteiger charge is 2.50. The second kappa shape index (κ2) is 5.50. The van der Waals surface area contributed by atoms with Gasteiger partial charge in [-0.25, -0.2) is 0 Å². The van der Waals surface area contributed by atoms with Crippen molar-refractivity contribution in [2.24, 2.45) is 0 Å². The molecule has 106 valence electrons. The van der Waals surface area contributed by atoms with Crippen LogP contribution in [0.2, 0.25) is 0 Å². The number of benzene rings is 1. The van der Waals surface area contributed by atoms with E-state index in [1.54, 1.807) is 25.1 Å². The van der Waals surface area contributed by atoms with Gasteiger partial charge in [0.1, 0.15) is 0 Å². The highest BCUT2D eigenvalue weighted by atomic mass is 79.9. The summed E-state index contributed by atoms with van der Waals surface area (Å²) in [5.74, 6) is -0.896. The number of amides is 1. The van der Waals surface area contributed by atoms with Crippen molar-refractivity contribution in [1.29, 1.82) is 0 Å². The lowest BCUT2D eigenvalue weighted by molar-refractivity contribution is -0.252. The topological polar surface area (TPSA) is 49.3 Å². The quantitative estimate of drug-likeness (QED) is 0.886. The Morgan fingerprint density at radius 1 is 1.42 bits per heavy atom. The molecule has 0 saturated heterocycles. The molecule has 0 aliphatic heterocycles. The van der Waals surface area contributed by atoms with Gasteiger partial charge in [0.05, 0.1) is 6.42 Å². The van der Waals surface area contributed by atoms with Crippen molar-refractivity contribution in [2.75, 3.05) is 5.32 Å². The second-order valence-electron chi connectivity index (χ2n) is 4.46. The zero-order valence-corrected chi connectivity index (χ0v) is 11.9. The zero-order valence-electron chi connectivity index (χ0n) is 10.3. The Kier molecular flexibility index (Phi) is 4.63. The van der Waals surface area contributed by atoms with Crippen LogP contribution in [0, 0.1) is 6.92 Å². The summed E-state index contributed by atoms with van der Waals surface area (Å²) in [5, 5.41) is 11.6. The molecule has 0 radical (unpaired) electrons. The van der Waals surface area contributed by atoms with E-state index in [9.17, 15) is 23.1 Å². The third-order valence-corrected chi connectivity index (χ3v) is 3.07. The van der Waals surface area contributed by atoms with Crippen LogP contribution in [0.1, 0.15) is 18.9 Å². The highest BCUT2D eigenvalue weighted by Crippen LogP contribution is 2.33. The normalized spacial score (nSPS) is 14.9. The van der Waals surface area contributed by atoms with Crippen molar-refractivity contribution in [3.05, 3.63) is 28.2 Å². The van der Waals surface area contributed by atoms with E-state index >= 15 is 0 Å². The Morgan fingerprint density at radius 2 is 2.00 bits per heavy atom. The molecule has 1 aromatic rings. The number of carbonyl (C=O) groups excluding carboxylic acids is 1. The molecule has 0 heterocycles. The number of nitrogens with one attached hydrogen (secondary N) is 1. The number of anilines is 1. The summed E-state index contributed by atoms with van der Waals surface area (Å²) in [5.41, 5.74) is -1.93. The van der Waals surface area contributed by atoms with E-state index in [1.807, 2.05) is 0 Å². The number of aryl methyl sites for hydroxylation is 1. The molecule has 0 saturated carbocycles. The summed E-state index contributed by atoms with van der Waals surface area (Å²) < 4.78 is 38.1. The number of rotatable bonds is 3. The Balaban J connectivity index is 2.76. The van der Waals surface area contributed by atoms with Crippen molar-refractivity contribution in [3.63, 3.8) is 0 Å². The van der Waals surface area contributed by atoms with Gasteiger partial charge in [-0.1, -0.05) is 15.9 Å². The van der Waals surface area contributed by atoms with Crippen molar-refractivity contribution >= 4 is 27.5 Å². The maximum absolute atomic E-state index is 12.4. The fourth-order valence-electron chi connectivity index (χ4n) is 1.37. The molecular formula is C12H13BrF3NO2. The minimum atomic E-state index is -4.85. The SMILES string of the molecule is Cc1cc(Br)ccc1NC(=O)C[C@](C)(O)C(F)(F)F. The predicted octanol–water partition coefficient (Wildman–Crippen LogP) is 3.40. The van der Waals surface area contributed by atoms with Gasteiger partial charge in [-0.15, -0.1) is 0 Å². The van der Waals surface area contributed by atoms with Gasteiger partial charge in [0, 0.05) is 10.2 Å². The van der Waals surface area contributed by atoms with Crippen LogP contribution >= 0.6 is 15.9 Å². The highest BCUT2D eigenvalue weighted by molar-refractivity contribution is 9.10. The monoisotopic (exact) mass is 339 g/mol. The van der Waals surface area contributed by atoms with Gasteiger partial charge in [-0.05, 0) is 37.6 Å².